The molecule has 0 aliphatic heterocycles. The van der Waals surface area contributed by atoms with Crippen molar-refractivity contribution in [3.8, 4) is 0 Å². The third-order valence-electron chi connectivity index (χ3n) is 7.18. The van der Waals surface area contributed by atoms with Crippen molar-refractivity contribution in [3.63, 3.8) is 0 Å². The Bertz CT molecular complexity index is 1030. The lowest BCUT2D eigenvalue weighted by molar-refractivity contribution is -0.143. The first-order chi connectivity index (χ1) is 15.5. The molecule has 1 unspecified atom stereocenters. The first-order valence-electron chi connectivity index (χ1n) is 11.7. The number of Topliss-reactive ketones (excluding diaryl/α,β-unsaturated/α-hetero) is 1. The van der Waals surface area contributed by atoms with E-state index in [1.165, 1.54) is 0 Å². The van der Waals surface area contributed by atoms with E-state index in [2.05, 4.69) is 26.0 Å². The van der Waals surface area contributed by atoms with Gasteiger partial charge in [0, 0.05) is 11.5 Å². The lowest BCUT2D eigenvalue weighted by atomic mass is 9.56. The quantitative estimate of drug-likeness (QED) is 0.411. The Hall–Kier alpha value is -2.94. The summed E-state index contributed by atoms with van der Waals surface area (Å²) in [5, 5.41) is 0. The van der Waals surface area contributed by atoms with E-state index in [0.29, 0.717) is 36.9 Å². The smallest absolute Gasteiger partial charge is 0.334 e. The van der Waals surface area contributed by atoms with Crippen LogP contribution < -0.4 is 0 Å². The molecule has 0 saturated heterocycles. The summed E-state index contributed by atoms with van der Waals surface area (Å²) in [7, 11) is 0. The van der Waals surface area contributed by atoms with Crippen LogP contribution in [0.1, 0.15) is 57.1 Å². The molecule has 0 bridgehead atoms. The minimum absolute atomic E-state index is 0.0590. The Balaban J connectivity index is 1.87. The first-order valence-corrected chi connectivity index (χ1v) is 11.7. The van der Waals surface area contributed by atoms with Gasteiger partial charge in [-0.2, -0.15) is 0 Å². The monoisotopic (exact) mass is 428 g/mol. The molecular formula is C29H32O3. The standard InChI is InChI=1S/C29H32O3/c1-4-32-28(31)26-16-15-25(22-13-9-6-10-14-22)29(26)19-24(20(2)3)18-23(27(29)30)17-21-11-7-5-8-12-21/h5-14,16-17,20,24-25H,4,15,18-19H2,1-3H3/b23-17+/t24?,25-,29-/m1/s1. The highest BCUT2D eigenvalue weighted by molar-refractivity contribution is 6.12. The van der Waals surface area contributed by atoms with Crippen LogP contribution in [0.25, 0.3) is 6.08 Å². The SMILES string of the molecule is CCOC(=O)C1=CC[C@H](c2ccccc2)[C@]12CC(C(C)C)C/C(=C\c1ccccc1)C2=O. The Morgan fingerprint density at radius 3 is 2.38 bits per heavy atom. The van der Waals surface area contributed by atoms with E-state index in [1.807, 2.05) is 67.6 Å². The van der Waals surface area contributed by atoms with E-state index >= 15 is 0 Å². The van der Waals surface area contributed by atoms with Crippen LogP contribution in [0.15, 0.2) is 77.9 Å². The Kier molecular flexibility index (Phi) is 6.45. The van der Waals surface area contributed by atoms with Crippen LogP contribution in [0, 0.1) is 17.3 Å². The summed E-state index contributed by atoms with van der Waals surface area (Å²) < 4.78 is 5.46. The molecule has 1 fully saturated rings. The van der Waals surface area contributed by atoms with Crippen molar-refractivity contribution in [2.45, 2.75) is 46.0 Å². The van der Waals surface area contributed by atoms with Crippen molar-refractivity contribution in [2.75, 3.05) is 6.61 Å². The lowest BCUT2D eigenvalue weighted by Gasteiger charge is -2.45. The van der Waals surface area contributed by atoms with E-state index in [0.717, 1.165) is 23.1 Å². The predicted molar refractivity (Wildman–Crippen MR) is 128 cm³/mol. The number of carbonyl (C=O) groups is 2. The normalized spacial score (nSPS) is 26.6. The van der Waals surface area contributed by atoms with Gasteiger partial charge in [-0.15, -0.1) is 0 Å². The molecule has 32 heavy (non-hydrogen) atoms. The van der Waals surface area contributed by atoms with Gasteiger partial charge < -0.3 is 4.74 Å². The molecule has 0 heterocycles. The highest BCUT2D eigenvalue weighted by atomic mass is 16.5. The van der Waals surface area contributed by atoms with Crippen LogP contribution in [0.5, 0.6) is 0 Å². The van der Waals surface area contributed by atoms with Crippen LogP contribution >= 0.6 is 0 Å². The highest BCUT2D eigenvalue weighted by Crippen LogP contribution is 2.59. The average molecular weight is 429 g/mol. The zero-order valence-corrected chi connectivity index (χ0v) is 19.2. The van der Waals surface area contributed by atoms with Gasteiger partial charge in [0.25, 0.3) is 0 Å². The molecule has 4 rings (SSSR count). The molecule has 2 aromatic carbocycles. The van der Waals surface area contributed by atoms with Crippen molar-refractivity contribution in [2.24, 2.45) is 17.3 Å². The Labute approximate surface area is 191 Å². The first kappa shape index (κ1) is 22.3. The van der Waals surface area contributed by atoms with Gasteiger partial charge in [0.15, 0.2) is 5.78 Å². The average Bonchev–Trinajstić information content (AvgIpc) is 3.17. The third-order valence-corrected chi connectivity index (χ3v) is 7.18. The van der Waals surface area contributed by atoms with Crippen molar-refractivity contribution < 1.29 is 14.3 Å². The maximum atomic E-state index is 14.3. The zero-order valence-electron chi connectivity index (χ0n) is 19.2. The second-order valence-corrected chi connectivity index (χ2v) is 9.33. The fourth-order valence-corrected chi connectivity index (χ4v) is 5.51. The fourth-order valence-electron chi connectivity index (χ4n) is 5.51. The maximum absolute atomic E-state index is 14.3. The number of allylic oxidation sites excluding steroid dienone is 2. The second-order valence-electron chi connectivity index (χ2n) is 9.33. The van der Waals surface area contributed by atoms with Crippen molar-refractivity contribution in [1.29, 1.82) is 0 Å². The molecule has 3 heteroatoms. The molecule has 0 N–H and O–H groups in total. The summed E-state index contributed by atoms with van der Waals surface area (Å²) in [5.41, 5.74) is 2.63. The van der Waals surface area contributed by atoms with Gasteiger partial charge in [-0.05, 0) is 60.8 Å². The third kappa shape index (κ3) is 3.97. The summed E-state index contributed by atoms with van der Waals surface area (Å²) in [5.74, 6) is 0.396. The Morgan fingerprint density at radius 2 is 1.75 bits per heavy atom. The second kappa shape index (κ2) is 9.28. The van der Waals surface area contributed by atoms with E-state index in [-0.39, 0.29) is 17.7 Å². The molecule has 2 aromatic rings. The predicted octanol–water partition coefficient (Wildman–Crippen LogP) is 6.37. The number of hydrogen-bond donors (Lipinski definition) is 0. The number of rotatable bonds is 5. The van der Waals surface area contributed by atoms with Gasteiger partial charge in [-0.1, -0.05) is 80.6 Å². The number of esters is 1. The number of ketones is 1. The summed E-state index contributed by atoms with van der Waals surface area (Å²) >= 11 is 0. The molecule has 3 nitrogen and oxygen atoms in total. The van der Waals surface area contributed by atoms with E-state index < -0.39 is 5.41 Å². The molecule has 3 atom stereocenters. The van der Waals surface area contributed by atoms with Crippen LogP contribution in [-0.4, -0.2) is 18.4 Å². The molecule has 0 amide bonds. The molecule has 2 aliphatic carbocycles. The van der Waals surface area contributed by atoms with Gasteiger partial charge in [0.1, 0.15) is 0 Å². The molecule has 0 aromatic heterocycles. The minimum atomic E-state index is -0.874. The minimum Gasteiger partial charge on any atom is -0.463 e. The van der Waals surface area contributed by atoms with Crippen molar-refractivity contribution >= 4 is 17.8 Å². The largest absolute Gasteiger partial charge is 0.463 e. The number of ether oxygens (including phenoxy) is 1. The van der Waals surface area contributed by atoms with E-state index in [1.54, 1.807) is 0 Å². The molecule has 0 radical (unpaired) electrons. The number of carbonyl (C=O) groups excluding carboxylic acids is 2. The van der Waals surface area contributed by atoms with Gasteiger partial charge >= 0.3 is 5.97 Å². The van der Waals surface area contributed by atoms with Gasteiger partial charge in [0.05, 0.1) is 12.0 Å². The summed E-state index contributed by atoms with van der Waals surface area (Å²) in [4.78, 5) is 27.4. The molecule has 1 saturated carbocycles. The van der Waals surface area contributed by atoms with Crippen LogP contribution in [0.3, 0.4) is 0 Å². The fraction of sp³-hybridized carbons (Fsp3) is 0.379. The van der Waals surface area contributed by atoms with Gasteiger partial charge in [-0.25, -0.2) is 4.79 Å². The summed E-state index contributed by atoms with van der Waals surface area (Å²) in [6.07, 6.45) is 6.09. The lowest BCUT2D eigenvalue weighted by Crippen LogP contribution is -2.46. The highest BCUT2D eigenvalue weighted by Gasteiger charge is 2.58. The maximum Gasteiger partial charge on any atom is 0.334 e. The van der Waals surface area contributed by atoms with E-state index in [4.69, 9.17) is 4.74 Å². The molecular weight excluding hydrogens is 396 g/mol. The van der Waals surface area contributed by atoms with Gasteiger partial charge in [-0.3, -0.25) is 4.79 Å². The topological polar surface area (TPSA) is 43.4 Å². The Morgan fingerprint density at radius 1 is 1.09 bits per heavy atom. The van der Waals surface area contributed by atoms with Crippen molar-refractivity contribution in [3.05, 3.63) is 89.0 Å². The van der Waals surface area contributed by atoms with Gasteiger partial charge in [0.2, 0.25) is 0 Å². The van der Waals surface area contributed by atoms with Crippen LogP contribution in [0.4, 0.5) is 0 Å². The zero-order chi connectivity index (χ0) is 22.7. The molecule has 2 aliphatic rings. The van der Waals surface area contributed by atoms with Crippen molar-refractivity contribution in [1.82, 2.24) is 0 Å². The number of hydrogen-bond acceptors (Lipinski definition) is 3. The van der Waals surface area contributed by atoms with Crippen LogP contribution in [-0.2, 0) is 14.3 Å². The molecule has 166 valence electrons. The number of benzene rings is 2. The summed E-state index contributed by atoms with van der Waals surface area (Å²) in [6.45, 7) is 6.55. The summed E-state index contributed by atoms with van der Waals surface area (Å²) in [6, 6.07) is 20.2. The van der Waals surface area contributed by atoms with E-state index in [9.17, 15) is 9.59 Å². The molecule has 1 spiro atoms. The van der Waals surface area contributed by atoms with Crippen LogP contribution in [0.2, 0.25) is 0 Å².